The molecule has 1 atom stereocenters. The van der Waals surface area contributed by atoms with Crippen LogP contribution in [0.15, 0.2) is 29.2 Å². The fourth-order valence-electron chi connectivity index (χ4n) is 3.38. The quantitative estimate of drug-likeness (QED) is 0.785. The van der Waals surface area contributed by atoms with Crippen molar-refractivity contribution in [1.82, 2.24) is 4.72 Å². The van der Waals surface area contributed by atoms with Crippen LogP contribution in [0.25, 0.3) is 0 Å². The smallest absolute Gasteiger partial charge is 0.255 e. The van der Waals surface area contributed by atoms with Gasteiger partial charge in [0, 0.05) is 19.3 Å². The zero-order valence-electron chi connectivity index (χ0n) is 13.4. The van der Waals surface area contributed by atoms with E-state index in [-0.39, 0.29) is 23.0 Å². The van der Waals surface area contributed by atoms with Crippen molar-refractivity contribution in [3.05, 3.63) is 24.3 Å². The molecule has 0 aromatic heterocycles. The van der Waals surface area contributed by atoms with E-state index >= 15 is 0 Å². The van der Waals surface area contributed by atoms with Crippen molar-refractivity contribution in [2.24, 2.45) is 11.1 Å². The Balaban J connectivity index is 1.66. The minimum atomic E-state index is -3.58. The van der Waals surface area contributed by atoms with Gasteiger partial charge in [0.05, 0.1) is 4.90 Å². The lowest BCUT2D eigenvalue weighted by Crippen LogP contribution is -2.57. The summed E-state index contributed by atoms with van der Waals surface area (Å²) in [7, 11) is -3.58. The molecule has 1 aliphatic carbocycles. The van der Waals surface area contributed by atoms with Crippen molar-refractivity contribution in [3.8, 4) is 5.75 Å². The molecular weight excluding hydrogens is 332 g/mol. The summed E-state index contributed by atoms with van der Waals surface area (Å²) < 4.78 is 38.5. The number of sulfonamides is 1. The molecule has 1 saturated heterocycles. The maximum absolute atomic E-state index is 12.6. The number of primary amides is 1. The summed E-state index contributed by atoms with van der Waals surface area (Å²) in [5, 5.41) is 0. The van der Waals surface area contributed by atoms with Gasteiger partial charge in [-0.1, -0.05) is 0 Å². The molecular formula is C16H22N2O5S. The molecule has 1 amide bonds. The van der Waals surface area contributed by atoms with Gasteiger partial charge in [-0.2, -0.15) is 0 Å². The lowest BCUT2D eigenvalue weighted by atomic mass is 9.60. The molecule has 2 fully saturated rings. The van der Waals surface area contributed by atoms with Crippen LogP contribution in [-0.2, 0) is 19.6 Å². The standard InChI is InChI=1S/C16H22N2O5S/c17-15(19)11-23-12-1-3-13(4-2-12)24(20,21)18-14-5-6-16(14)7-9-22-10-8-16/h1-4,14,18H,5-11H2,(H2,17,19). The van der Waals surface area contributed by atoms with Crippen molar-refractivity contribution in [2.45, 2.75) is 36.6 Å². The Labute approximate surface area is 141 Å². The predicted molar refractivity (Wildman–Crippen MR) is 87.0 cm³/mol. The second-order valence-corrected chi connectivity index (χ2v) is 8.13. The Hall–Kier alpha value is -1.64. The summed E-state index contributed by atoms with van der Waals surface area (Å²) in [5.41, 5.74) is 5.06. The second-order valence-electron chi connectivity index (χ2n) is 6.41. The highest BCUT2D eigenvalue weighted by Gasteiger charge is 2.48. The first-order valence-electron chi connectivity index (χ1n) is 8.03. The molecule has 1 unspecified atom stereocenters. The SMILES string of the molecule is NC(=O)COc1ccc(S(=O)(=O)NC2CCC23CCOCC3)cc1. The van der Waals surface area contributed by atoms with Crippen LogP contribution in [0.3, 0.4) is 0 Å². The van der Waals surface area contributed by atoms with Crippen molar-refractivity contribution < 1.29 is 22.7 Å². The Morgan fingerprint density at radius 1 is 1.25 bits per heavy atom. The predicted octanol–water partition coefficient (Wildman–Crippen LogP) is 0.788. The van der Waals surface area contributed by atoms with Gasteiger partial charge < -0.3 is 15.2 Å². The van der Waals surface area contributed by atoms with E-state index in [2.05, 4.69) is 4.72 Å². The number of ether oxygens (including phenoxy) is 2. The van der Waals surface area contributed by atoms with E-state index in [0.717, 1.165) is 25.7 Å². The van der Waals surface area contributed by atoms with E-state index < -0.39 is 15.9 Å². The van der Waals surface area contributed by atoms with Crippen LogP contribution < -0.4 is 15.2 Å². The minimum Gasteiger partial charge on any atom is -0.484 e. The van der Waals surface area contributed by atoms with Crippen molar-refractivity contribution in [2.75, 3.05) is 19.8 Å². The fraction of sp³-hybridized carbons (Fsp3) is 0.562. The molecule has 24 heavy (non-hydrogen) atoms. The molecule has 1 aliphatic heterocycles. The number of carbonyl (C=O) groups is 1. The molecule has 3 rings (SSSR count). The first-order valence-corrected chi connectivity index (χ1v) is 9.51. The van der Waals surface area contributed by atoms with E-state index in [9.17, 15) is 13.2 Å². The van der Waals surface area contributed by atoms with Gasteiger partial charge in [-0.3, -0.25) is 4.79 Å². The van der Waals surface area contributed by atoms with Gasteiger partial charge in [0.2, 0.25) is 10.0 Å². The van der Waals surface area contributed by atoms with E-state index in [4.69, 9.17) is 15.2 Å². The highest BCUT2D eigenvalue weighted by atomic mass is 32.2. The first-order chi connectivity index (χ1) is 11.4. The lowest BCUT2D eigenvalue weighted by molar-refractivity contribution is -0.119. The number of hydrogen-bond acceptors (Lipinski definition) is 5. The molecule has 1 heterocycles. The number of rotatable bonds is 6. The average molecular weight is 354 g/mol. The Morgan fingerprint density at radius 3 is 2.46 bits per heavy atom. The van der Waals surface area contributed by atoms with Gasteiger partial charge >= 0.3 is 0 Å². The van der Waals surface area contributed by atoms with Crippen molar-refractivity contribution >= 4 is 15.9 Å². The Morgan fingerprint density at radius 2 is 1.92 bits per heavy atom. The van der Waals surface area contributed by atoms with Gasteiger partial charge in [-0.05, 0) is 55.4 Å². The zero-order chi connectivity index (χ0) is 17.2. The Kier molecular flexibility index (Phi) is 4.80. The maximum atomic E-state index is 12.6. The highest BCUT2D eigenvalue weighted by molar-refractivity contribution is 7.89. The molecule has 7 nitrogen and oxygen atoms in total. The molecule has 0 radical (unpaired) electrons. The number of amides is 1. The third kappa shape index (κ3) is 3.55. The van der Waals surface area contributed by atoms with Crippen LogP contribution in [0.5, 0.6) is 5.75 Å². The van der Waals surface area contributed by atoms with E-state index in [1.807, 2.05) is 0 Å². The van der Waals surface area contributed by atoms with Crippen LogP contribution in [0.4, 0.5) is 0 Å². The lowest BCUT2D eigenvalue weighted by Gasteiger charge is -2.51. The van der Waals surface area contributed by atoms with Crippen molar-refractivity contribution in [3.63, 3.8) is 0 Å². The second kappa shape index (κ2) is 6.70. The van der Waals surface area contributed by atoms with Gasteiger partial charge in [-0.15, -0.1) is 0 Å². The van der Waals surface area contributed by atoms with Crippen LogP contribution in [0, 0.1) is 5.41 Å². The third-order valence-corrected chi connectivity index (χ3v) is 6.46. The maximum Gasteiger partial charge on any atom is 0.255 e. The number of hydrogen-bond donors (Lipinski definition) is 2. The molecule has 3 N–H and O–H groups in total. The van der Waals surface area contributed by atoms with Crippen molar-refractivity contribution in [1.29, 1.82) is 0 Å². The Bertz CT molecular complexity index is 696. The number of benzene rings is 1. The molecule has 1 spiro atoms. The largest absolute Gasteiger partial charge is 0.484 e. The summed E-state index contributed by atoms with van der Waals surface area (Å²) in [6.45, 7) is 1.16. The van der Waals surface area contributed by atoms with Gasteiger partial charge in [0.25, 0.3) is 5.91 Å². The molecule has 132 valence electrons. The van der Waals surface area contributed by atoms with Crippen LogP contribution in [0.2, 0.25) is 0 Å². The normalized spacial score (nSPS) is 22.8. The van der Waals surface area contributed by atoms with E-state index in [1.165, 1.54) is 24.3 Å². The van der Waals surface area contributed by atoms with Gasteiger partial charge in [0.1, 0.15) is 5.75 Å². The van der Waals surface area contributed by atoms with Gasteiger partial charge in [0.15, 0.2) is 6.61 Å². The molecule has 1 saturated carbocycles. The third-order valence-electron chi connectivity index (χ3n) is 4.97. The van der Waals surface area contributed by atoms with Crippen LogP contribution >= 0.6 is 0 Å². The summed E-state index contributed by atoms with van der Waals surface area (Å²) in [5.74, 6) is -0.183. The number of carbonyl (C=O) groups excluding carboxylic acids is 1. The molecule has 2 aliphatic rings. The van der Waals surface area contributed by atoms with E-state index in [0.29, 0.717) is 19.0 Å². The molecule has 1 aromatic carbocycles. The topological polar surface area (TPSA) is 108 Å². The number of nitrogens with two attached hydrogens (primary N) is 1. The molecule has 8 heteroatoms. The minimum absolute atomic E-state index is 0.0304. The summed E-state index contributed by atoms with van der Waals surface area (Å²) in [4.78, 5) is 10.9. The summed E-state index contributed by atoms with van der Waals surface area (Å²) in [6.07, 6.45) is 3.71. The summed E-state index contributed by atoms with van der Waals surface area (Å²) in [6, 6.07) is 5.93. The molecule has 1 aromatic rings. The highest BCUT2D eigenvalue weighted by Crippen LogP contribution is 2.49. The van der Waals surface area contributed by atoms with E-state index in [1.54, 1.807) is 0 Å². The zero-order valence-corrected chi connectivity index (χ0v) is 14.2. The number of nitrogens with one attached hydrogen (secondary N) is 1. The van der Waals surface area contributed by atoms with Gasteiger partial charge in [-0.25, -0.2) is 13.1 Å². The molecule has 0 bridgehead atoms. The first kappa shape index (κ1) is 17.2. The van der Waals surface area contributed by atoms with Crippen LogP contribution in [-0.4, -0.2) is 40.2 Å². The monoisotopic (exact) mass is 354 g/mol. The summed E-state index contributed by atoms with van der Waals surface area (Å²) >= 11 is 0. The van der Waals surface area contributed by atoms with Crippen LogP contribution in [0.1, 0.15) is 25.7 Å². The fourth-order valence-corrected chi connectivity index (χ4v) is 4.75. The average Bonchev–Trinajstić information content (AvgIpc) is 2.58.